The van der Waals surface area contributed by atoms with Crippen molar-refractivity contribution < 1.29 is 19.2 Å². The lowest BCUT2D eigenvalue weighted by Gasteiger charge is -2.14. The third kappa shape index (κ3) is 6.38. The van der Waals surface area contributed by atoms with Crippen LogP contribution in [0, 0.1) is 10.1 Å². The van der Waals surface area contributed by atoms with Crippen LogP contribution in [0.15, 0.2) is 53.4 Å². The molecule has 2 aromatic carbocycles. The molecule has 0 unspecified atom stereocenters. The number of thioether (sulfide) groups is 1. The van der Waals surface area contributed by atoms with Crippen molar-refractivity contribution in [2.75, 3.05) is 12.9 Å². The zero-order valence-corrected chi connectivity index (χ0v) is 16.5. The average Bonchev–Trinajstić information content (AvgIpc) is 2.70. The van der Waals surface area contributed by atoms with E-state index < -0.39 is 23.4 Å². The molecule has 0 saturated heterocycles. The Morgan fingerprint density at radius 3 is 2.57 bits per heavy atom. The Bertz CT molecular complexity index is 842. The van der Waals surface area contributed by atoms with Gasteiger partial charge in [0.2, 0.25) is 0 Å². The Kier molecular flexibility index (Phi) is 8.01. The number of nitro groups is 1. The van der Waals surface area contributed by atoms with E-state index in [1.54, 1.807) is 6.26 Å². The summed E-state index contributed by atoms with van der Waals surface area (Å²) in [6.45, 7) is 1.44. The number of aryl methyl sites for hydroxylation is 1. The Balaban J connectivity index is 1.82. The molecule has 148 valence electrons. The lowest BCUT2D eigenvalue weighted by Crippen LogP contribution is -2.36. The fourth-order valence-corrected chi connectivity index (χ4v) is 3.14. The molecule has 1 atom stereocenters. The SMILES string of the molecule is CSc1ccc(C(=O)OCC(=O)N[C@@H](C)CCc2ccccc2)cc1[N+](=O)[O-]. The van der Waals surface area contributed by atoms with E-state index in [1.165, 1.54) is 29.5 Å². The van der Waals surface area contributed by atoms with Crippen LogP contribution in [0.4, 0.5) is 5.69 Å². The molecule has 1 N–H and O–H groups in total. The van der Waals surface area contributed by atoms with Gasteiger partial charge in [0.05, 0.1) is 15.4 Å². The van der Waals surface area contributed by atoms with Gasteiger partial charge in [-0.05, 0) is 43.7 Å². The quantitative estimate of drug-likeness (QED) is 0.298. The van der Waals surface area contributed by atoms with Crippen LogP contribution in [-0.2, 0) is 16.0 Å². The summed E-state index contributed by atoms with van der Waals surface area (Å²) in [4.78, 5) is 35.0. The van der Waals surface area contributed by atoms with Crippen molar-refractivity contribution in [2.45, 2.75) is 30.7 Å². The number of benzene rings is 2. The second-order valence-corrected chi connectivity index (χ2v) is 7.06. The van der Waals surface area contributed by atoms with Crippen molar-refractivity contribution in [1.29, 1.82) is 0 Å². The first-order chi connectivity index (χ1) is 13.4. The Morgan fingerprint density at radius 1 is 1.21 bits per heavy atom. The number of hydrogen-bond acceptors (Lipinski definition) is 6. The van der Waals surface area contributed by atoms with Crippen molar-refractivity contribution >= 4 is 29.3 Å². The standard InChI is InChI=1S/C20H22N2O5S/c1-14(8-9-15-6-4-3-5-7-15)21-19(23)13-27-20(24)16-10-11-18(28-2)17(12-16)22(25)26/h3-7,10-12,14H,8-9,13H2,1-2H3,(H,21,23)/t14-/m0/s1. The monoisotopic (exact) mass is 402 g/mol. The highest BCUT2D eigenvalue weighted by Gasteiger charge is 2.19. The normalized spacial score (nSPS) is 11.5. The summed E-state index contributed by atoms with van der Waals surface area (Å²) in [5.74, 6) is -1.19. The molecule has 2 rings (SSSR count). The number of nitrogens with one attached hydrogen (secondary N) is 1. The molecule has 1 amide bonds. The topological polar surface area (TPSA) is 98.5 Å². The average molecular weight is 402 g/mol. The second-order valence-electron chi connectivity index (χ2n) is 6.21. The van der Waals surface area contributed by atoms with E-state index in [1.807, 2.05) is 37.3 Å². The summed E-state index contributed by atoms with van der Waals surface area (Å²) in [7, 11) is 0. The summed E-state index contributed by atoms with van der Waals surface area (Å²) >= 11 is 1.21. The zero-order valence-electron chi connectivity index (χ0n) is 15.7. The summed E-state index contributed by atoms with van der Waals surface area (Å²) in [6, 6.07) is 14.0. The molecule has 0 heterocycles. The van der Waals surface area contributed by atoms with Crippen molar-refractivity contribution in [3.8, 4) is 0 Å². The third-order valence-corrected chi connectivity index (χ3v) is 4.85. The zero-order chi connectivity index (χ0) is 20.5. The van der Waals surface area contributed by atoms with Crippen molar-refractivity contribution in [3.63, 3.8) is 0 Å². The van der Waals surface area contributed by atoms with Crippen molar-refractivity contribution in [3.05, 3.63) is 69.8 Å². The van der Waals surface area contributed by atoms with Gasteiger partial charge in [-0.3, -0.25) is 14.9 Å². The molecule has 0 aliphatic heterocycles. The fourth-order valence-electron chi connectivity index (χ4n) is 2.59. The molecule has 0 aromatic heterocycles. The fraction of sp³-hybridized carbons (Fsp3) is 0.300. The molecule has 8 heteroatoms. The molecule has 0 radical (unpaired) electrons. The predicted molar refractivity (Wildman–Crippen MR) is 108 cm³/mol. The summed E-state index contributed by atoms with van der Waals surface area (Å²) in [6.07, 6.45) is 3.29. The highest BCUT2D eigenvalue weighted by Crippen LogP contribution is 2.28. The first-order valence-corrected chi connectivity index (χ1v) is 9.96. The van der Waals surface area contributed by atoms with E-state index in [0.29, 0.717) is 4.90 Å². The molecular formula is C20H22N2O5S. The van der Waals surface area contributed by atoms with Crippen molar-refractivity contribution in [1.82, 2.24) is 5.32 Å². The number of hydrogen-bond donors (Lipinski definition) is 1. The number of carbonyl (C=O) groups is 2. The van der Waals surface area contributed by atoms with Gasteiger partial charge in [0.15, 0.2) is 6.61 Å². The summed E-state index contributed by atoms with van der Waals surface area (Å²) < 4.78 is 4.98. The molecule has 0 spiro atoms. The molecule has 0 bridgehead atoms. The molecule has 28 heavy (non-hydrogen) atoms. The number of esters is 1. The molecule has 7 nitrogen and oxygen atoms in total. The van der Waals surface area contributed by atoms with Gasteiger partial charge in [-0.15, -0.1) is 11.8 Å². The first-order valence-electron chi connectivity index (χ1n) is 8.73. The molecule has 0 saturated carbocycles. The minimum absolute atomic E-state index is 0.0365. The van der Waals surface area contributed by atoms with Crippen LogP contribution in [0.5, 0.6) is 0 Å². The number of carbonyl (C=O) groups excluding carboxylic acids is 2. The van der Waals surface area contributed by atoms with E-state index >= 15 is 0 Å². The first kappa shape index (κ1) is 21.4. The van der Waals surface area contributed by atoms with Crippen LogP contribution in [0.3, 0.4) is 0 Å². The van der Waals surface area contributed by atoms with Gasteiger partial charge < -0.3 is 10.1 Å². The third-order valence-electron chi connectivity index (χ3n) is 4.06. The van der Waals surface area contributed by atoms with Gasteiger partial charge in [-0.2, -0.15) is 0 Å². The van der Waals surface area contributed by atoms with Gasteiger partial charge in [0.25, 0.3) is 11.6 Å². The minimum Gasteiger partial charge on any atom is -0.452 e. The number of nitro benzene ring substituents is 1. The lowest BCUT2D eigenvalue weighted by atomic mass is 10.1. The van der Waals surface area contributed by atoms with Crippen LogP contribution in [0.1, 0.15) is 29.3 Å². The Morgan fingerprint density at radius 2 is 1.93 bits per heavy atom. The second kappa shape index (κ2) is 10.5. The summed E-state index contributed by atoms with van der Waals surface area (Å²) in [5, 5.41) is 13.9. The van der Waals surface area contributed by atoms with Gasteiger partial charge in [-0.1, -0.05) is 30.3 Å². The van der Waals surface area contributed by atoms with E-state index in [0.717, 1.165) is 18.9 Å². The molecule has 0 fully saturated rings. The van der Waals surface area contributed by atoms with E-state index in [-0.39, 0.29) is 17.3 Å². The lowest BCUT2D eigenvalue weighted by molar-refractivity contribution is -0.387. The number of nitrogens with zero attached hydrogens (tertiary/aromatic N) is 1. The van der Waals surface area contributed by atoms with Crippen LogP contribution < -0.4 is 5.32 Å². The highest BCUT2D eigenvalue weighted by atomic mass is 32.2. The smallest absolute Gasteiger partial charge is 0.338 e. The van der Waals surface area contributed by atoms with Crippen LogP contribution in [0.2, 0.25) is 0 Å². The number of rotatable bonds is 9. The van der Waals surface area contributed by atoms with Gasteiger partial charge in [0, 0.05) is 12.1 Å². The number of ether oxygens (including phenoxy) is 1. The number of amides is 1. The largest absolute Gasteiger partial charge is 0.452 e. The predicted octanol–water partition coefficient (Wildman–Crippen LogP) is 3.61. The maximum absolute atomic E-state index is 12.1. The molecule has 0 aliphatic carbocycles. The summed E-state index contributed by atoms with van der Waals surface area (Å²) in [5.41, 5.74) is 1.06. The highest BCUT2D eigenvalue weighted by molar-refractivity contribution is 7.98. The molecule has 0 aliphatic rings. The van der Waals surface area contributed by atoms with Crippen LogP contribution >= 0.6 is 11.8 Å². The van der Waals surface area contributed by atoms with Crippen molar-refractivity contribution in [2.24, 2.45) is 0 Å². The van der Waals surface area contributed by atoms with E-state index in [2.05, 4.69) is 5.32 Å². The maximum Gasteiger partial charge on any atom is 0.338 e. The Hall–Kier alpha value is -2.87. The molecular weight excluding hydrogens is 380 g/mol. The Labute approximate surface area is 167 Å². The van der Waals surface area contributed by atoms with E-state index in [4.69, 9.17) is 4.74 Å². The van der Waals surface area contributed by atoms with Crippen LogP contribution in [0.25, 0.3) is 0 Å². The van der Waals surface area contributed by atoms with Gasteiger partial charge in [0.1, 0.15) is 0 Å². The van der Waals surface area contributed by atoms with Crippen LogP contribution in [-0.4, -0.2) is 35.7 Å². The molecule has 2 aromatic rings. The minimum atomic E-state index is -0.775. The van der Waals surface area contributed by atoms with E-state index in [9.17, 15) is 19.7 Å². The van der Waals surface area contributed by atoms with Gasteiger partial charge >= 0.3 is 5.97 Å². The van der Waals surface area contributed by atoms with Gasteiger partial charge in [-0.25, -0.2) is 4.79 Å². The maximum atomic E-state index is 12.1.